The number of carbonyl (C=O) groups is 1. The van der Waals surface area contributed by atoms with E-state index in [1.807, 2.05) is 49.4 Å². The summed E-state index contributed by atoms with van der Waals surface area (Å²) in [5, 5.41) is 3.77. The third kappa shape index (κ3) is 6.46. The number of imidazole rings is 1. The summed E-state index contributed by atoms with van der Waals surface area (Å²) in [7, 11) is 0. The zero-order chi connectivity index (χ0) is 25.7. The van der Waals surface area contributed by atoms with Crippen LogP contribution in [-0.4, -0.2) is 22.1 Å². The molecule has 0 fully saturated rings. The fraction of sp³-hybridized carbons (Fsp3) is 0.333. The standard InChI is InChI=1S/C30H34ClN3O2/c1-21(32-28(35)20-22-10-14-24(31)15-11-22)29-33-26-8-5-6-9-27(26)34(29)18-7-19-36-25-16-12-23(13-17-25)30(2,3)4/h5-6,8-17,21H,7,18-20H2,1-4H3,(H,32,35). The van der Waals surface area contributed by atoms with Gasteiger partial charge in [0.2, 0.25) is 5.91 Å². The van der Waals surface area contributed by atoms with Gasteiger partial charge in [-0.15, -0.1) is 0 Å². The van der Waals surface area contributed by atoms with Gasteiger partial charge < -0.3 is 14.6 Å². The average Bonchev–Trinajstić information content (AvgIpc) is 3.22. The number of nitrogens with one attached hydrogen (secondary N) is 1. The first-order valence-electron chi connectivity index (χ1n) is 12.4. The second-order valence-corrected chi connectivity index (χ2v) is 10.6. The van der Waals surface area contributed by atoms with Gasteiger partial charge in [0.25, 0.3) is 0 Å². The first-order chi connectivity index (χ1) is 17.2. The summed E-state index contributed by atoms with van der Waals surface area (Å²) in [6, 6.07) is 23.5. The summed E-state index contributed by atoms with van der Waals surface area (Å²) in [4.78, 5) is 17.6. The summed E-state index contributed by atoms with van der Waals surface area (Å²) in [5.41, 5.74) is 4.31. The fourth-order valence-electron chi connectivity index (χ4n) is 4.27. The van der Waals surface area contributed by atoms with Crippen molar-refractivity contribution in [2.24, 2.45) is 0 Å². The Bertz CT molecular complexity index is 1310. The molecule has 0 bridgehead atoms. The van der Waals surface area contributed by atoms with Crippen LogP contribution in [0.5, 0.6) is 5.75 Å². The van der Waals surface area contributed by atoms with E-state index in [1.54, 1.807) is 12.1 Å². The van der Waals surface area contributed by atoms with E-state index in [2.05, 4.69) is 48.9 Å². The molecule has 1 unspecified atom stereocenters. The highest BCUT2D eigenvalue weighted by atomic mass is 35.5. The molecular weight excluding hydrogens is 470 g/mol. The third-order valence-electron chi connectivity index (χ3n) is 6.24. The minimum atomic E-state index is -0.233. The van der Waals surface area contributed by atoms with Gasteiger partial charge in [-0.2, -0.15) is 0 Å². The van der Waals surface area contributed by atoms with Crippen LogP contribution in [0.1, 0.15) is 57.1 Å². The molecule has 1 amide bonds. The Balaban J connectivity index is 1.40. The van der Waals surface area contributed by atoms with Gasteiger partial charge in [0, 0.05) is 11.6 Å². The number of para-hydroxylation sites is 2. The molecule has 0 saturated heterocycles. The maximum absolute atomic E-state index is 12.7. The predicted octanol–water partition coefficient (Wildman–Crippen LogP) is 6.88. The SMILES string of the molecule is CC(NC(=O)Cc1ccc(Cl)cc1)c1nc2ccccc2n1CCCOc1ccc(C(C)(C)C)cc1. The number of hydrogen-bond acceptors (Lipinski definition) is 3. The van der Waals surface area contributed by atoms with Gasteiger partial charge in [0.1, 0.15) is 11.6 Å². The number of amides is 1. The van der Waals surface area contributed by atoms with Crippen LogP contribution in [0.4, 0.5) is 0 Å². The number of hydrogen-bond donors (Lipinski definition) is 1. The quantitative estimate of drug-likeness (QED) is 0.253. The molecule has 3 aromatic carbocycles. The highest BCUT2D eigenvalue weighted by Crippen LogP contribution is 2.25. The van der Waals surface area contributed by atoms with Crippen molar-refractivity contribution >= 4 is 28.5 Å². The van der Waals surface area contributed by atoms with Crippen molar-refractivity contribution in [3.05, 3.63) is 94.8 Å². The molecule has 1 N–H and O–H groups in total. The second kappa shape index (κ2) is 11.2. The first-order valence-corrected chi connectivity index (χ1v) is 12.8. The number of ether oxygens (including phenoxy) is 1. The minimum Gasteiger partial charge on any atom is -0.494 e. The Morgan fingerprint density at radius 3 is 2.42 bits per heavy atom. The maximum Gasteiger partial charge on any atom is 0.224 e. The van der Waals surface area contributed by atoms with E-state index >= 15 is 0 Å². The molecule has 0 spiro atoms. The van der Waals surface area contributed by atoms with Crippen molar-refractivity contribution in [1.29, 1.82) is 0 Å². The second-order valence-electron chi connectivity index (χ2n) is 10.2. The summed E-state index contributed by atoms with van der Waals surface area (Å²) >= 11 is 5.96. The highest BCUT2D eigenvalue weighted by Gasteiger charge is 2.19. The Morgan fingerprint density at radius 2 is 1.72 bits per heavy atom. The molecule has 0 aliphatic heterocycles. The van der Waals surface area contributed by atoms with Gasteiger partial charge in [-0.1, -0.05) is 68.8 Å². The van der Waals surface area contributed by atoms with Crippen LogP contribution >= 0.6 is 11.6 Å². The van der Waals surface area contributed by atoms with Gasteiger partial charge in [-0.25, -0.2) is 4.98 Å². The summed E-state index contributed by atoms with van der Waals surface area (Å²) in [6.45, 7) is 9.93. The van der Waals surface area contributed by atoms with E-state index < -0.39 is 0 Å². The van der Waals surface area contributed by atoms with Gasteiger partial charge in [-0.3, -0.25) is 4.79 Å². The summed E-state index contributed by atoms with van der Waals surface area (Å²) < 4.78 is 8.20. The molecule has 0 radical (unpaired) electrons. The van der Waals surface area contributed by atoms with Crippen LogP contribution in [0, 0.1) is 0 Å². The predicted molar refractivity (Wildman–Crippen MR) is 147 cm³/mol. The van der Waals surface area contributed by atoms with E-state index in [9.17, 15) is 4.79 Å². The van der Waals surface area contributed by atoms with E-state index in [1.165, 1.54) is 5.56 Å². The molecule has 4 rings (SSSR count). The van der Waals surface area contributed by atoms with Crippen molar-refractivity contribution in [2.45, 2.75) is 58.5 Å². The van der Waals surface area contributed by atoms with Crippen LogP contribution in [0.15, 0.2) is 72.8 Å². The number of fused-ring (bicyclic) bond motifs is 1. The molecule has 4 aromatic rings. The van der Waals surface area contributed by atoms with Crippen LogP contribution in [0.25, 0.3) is 11.0 Å². The monoisotopic (exact) mass is 503 g/mol. The van der Waals surface area contributed by atoms with Gasteiger partial charge >= 0.3 is 0 Å². The molecule has 1 aromatic heterocycles. The number of nitrogens with zero attached hydrogens (tertiary/aromatic N) is 2. The third-order valence-corrected chi connectivity index (χ3v) is 6.49. The number of carbonyl (C=O) groups excluding carboxylic acids is 1. The van der Waals surface area contributed by atoms with Gasteiger partial charge in [-0.05, 0) is 66.3 Å². The Hall–Kier alpha value is -3.31. The number of benzene rings is 3. The molecule has 6 heteroatoms. The largest absolute Gasteiger partial charge is 0.494 e. The topological polar surface area (TPSA) is 56.2 Å². The summed E-state index contributed by atoms with van der Waals surface area (Å²) in [6.07, 6.45) is 1.11. The van der Waals surface area contributed by atoms with Crippen LogP contribution in [0.2, 0.25) is 5.02 Å². The van der Waals surface area contributed by atoms with E-state index in [-0.39, 0.29) is 17.4 Å². The van der Waals surface area contributed by atoms with Crippen molar-refractivity contribution in [3.8, 4) is 5.75 Å². The molecule has 0 aliphatic rings. The lowest BCUT2D eigenvalue weighted by Gasteiger charge is -2.19. The van der Waals surface area contributed by atoms with Gasteiger partial charge in [0.15, 0.2) is 0 Å². The zero-order valence-corrected chi connectivity index (χ0v) is 22.2. The lowest BCUT2D eigenvalue weighted by molar-refractivity contribution is -0.121. The smallest absolute Gasteiger partial charge is 0.224 e. The zero-order valence-electron chi connectivity index (χ0n) is 21.4. The molecule has 0 aliphatic carbocycles. The van der Waals surface area contributed by atoms with Crippen molar-refractivity contribution in [1.82, 2.24) is 14.9 Å². The van der Waals surface area contributed by atoms with Crippen molar-refractivity contribution < 1.29 is 9.53 Å². The van der Waals surface area contributed by atoms with Crippen LogP contribution < -0.4 is 10.1 Å². The lowest BCUT2D eigenvalue weighted by atomic mass is 9.87. The molecule has 36 heavy (non-hydrogen) atoms. The van der Waals surface area contributed by atoms with Crippen molar-refractivity contribution in [2.75, 3.05) is 6.61 Å². The normalized spacial score (nSPS) is 12.5. The Labute approximate surface area is 218 Å². The molecular formula is C30H34ClN3O2. The molecule has 0 saturated carbocycles. The van der Waals surface area contributed by atoms with Crippen LogP contribution in [-0.2, 0) is 23.2 Å². The fourth-order valence-corrected chi connectivity index (χ4v) is 4.39. The van der Waals surface area contributed by atoms with Gasteiger partial charge in [0.05, 0.1) is 30.1 Å². The minimum absolute atomic E-state index is 0.0505. The van der Waals surface area contributed by atoms with E-state index in [0.717, 1.165) is 41.1 Å². The number of halogens is 1. The first kappa shape index (κ1) is 25.8. The number of aromatic nitrogens is 2. The van der Waals surface area contributed by atoms with Crippen LogP contribution in [0.3, 0.4) is 0 Å². The maximum atomic E-state index is 12.7. The molecule has 1 atom stereocenters. The molecule has 1 heterocycles. The number of aryl methyl sites for hydroxylation is 1. The molecule has 188 valence electrons. The lowest BCUT2D eigenvalue weighted by Crippen LogP contribution is -2.30. The number of rotatable bonds is 9. The Morgan fingerprint density at radius 1 is 1.03 bits per heavy atom. The van der Waals surface area contributed by atoms with E-state index in [4.69, 9.17) is 21.3 Å². The Kier molecular flexibility index (Phi) is 8.00. The van der Waals surface area contributed by atoms with Crippen molar-refractivity contribution in [3.63, 3.8) is 0 Å². The highest BCUT2D eigenvalue weighted by molar-refractivity contribution is 6.30. The molecule has 5 nitrogen and oxygen atoms in total. The summed E-state index contributed by atoms with van der Waals surface area (Å²) in [5.74, 6) is 1.67. The average molecular weight is 504 g/mol. The van der Waals surface area contributed by atoms with E-state index in [0.29, 0.717) is 18.1 Å².